The van der Waals surface area contributed by atoms with Gasteiger partial charge in [-0.2, -0.15) is 0 Å². The zero-order valence-corrected chi connectivity index (χ0v) is 4.07. The molecule has 7 heavy (non-hydrogen) atoms. The standard InChI is InChI=1S/C2H4O3S.K.H/c1-2(3)6(4)5;;/h6H,1H3;;. The van der Waals surface area contributed by atoms with Crippen molar-refractivity contribution in [3.8, 4) is 0 Å². The van der Waals surface area contributed by atoms with Gasteiger partial charge in [-0.15, -0.1) is 0 Å². The van der Waals surface area contributed by atoms with Crippen molar-refractivity contribution in [3.05, 3.63) is 0 Å². The predicted molar refractivity (Wildman–Crippen MR) is 28.1 cm³/mol. The molecule has 0 aliphatic carbocycles. The van der Waals surface area contributed by atoms with E-state index in [9.17, 15) is 13.2 Å². The molecular weight excluding hydrogens is 143 g/mol. The Morgan fingerprint density at radius 2 is 1.57 bits per heavy atom. The van der Waals surface area contributed by atoms with Gasteiger partial charge in [0.1, 0.15) is 0 Å². The molecule has 0 unspecified atom stereocenters. The maximum atomic E-state index is 9.55. The first-order valence-electron chi connectivity index (χ1n) is 1.29. The van der Waals surface area contributed by atoms with Gasteiger partial charge in [-0.1, -0.05) is 0 Å². The van der Waals surface area contributed by atoms with Crippen molar-refractivity contribution in [2.45, 2.75) is 6.92 Å². The minimum atomic E-state index is -2.80. The van der Waals surface area contributed by atoms with Crippen LogP contribution in [0.4, 0.5) is 0 Å². The Balaban J connectivity index is 0. The quantitative estimate of drug-likeness (QED) is 0.336. The SMILES string of the molecule is CC(=O)[SH](=O)=O.[KH]. The normalized spacial score (nSPS) is 7.71. The van der Waals surface area contributed by atoms with Crippen LogP contribution < -0.4 is 0 Å². The van der Waals surface area contributed by atoms with Crippen LogP contribution in [0.1, 0.15) is 6.92 Å². The number of hydrogen-bond donors (Lipinski definition) is 1. The fraction of sp³-hybridized carbons (Fsp3) is 0.500. The first-order chi connectivity index (χ1) is 2.64. The predicted octanol–water partition coefficient (Wildman–Crippen LogP) is -1.50. The van der Waals surface area contributed by atoms with E-state index in [0.717, 1.165) is 6.92 Å². The van der Waals surface area contributed by atoms with E-state index in [1.807, 2.05) is 0 Å². The summed E-state index contributed by atoms with van der Waals surface area (Å²) in [5, 5.41) is -0.787. The van der Waals surface area contributed by atoms with Gasteiger partial charge in [0.25, 0.3) is 0 Å². The molecule has 0 saturated carbocycles. The number of carbonyl (C=O) groups is 1. The van der Waals surface area contributed by atoms with Crippen LogP contribution in [-0.2, 0) is 15.5 Å². The summed E-state index contributed by atoms with van der Waals surface area (Å²) in [6, 6.07) is 0. The third-order valence-electron chi connectivity index (χ3n) is 0.257. The third kappa shape index (κ3) is 7.26. The monoisotopic (exact) mass is 148 g/mol. The van der Waals surface area contributed by atoms with Gasteiger partial charge in [0.15, 0.2) is 0 Å². The molecule has 0 heterocycles. The molecular formula is C2H5KO3S. The van der Waals surface area contributed by atoms with E-state index >= 15 is 0 Å². The first-order valence-corrected chi connectivity index (χ1v) is 2.47. The second kappa shape index (κ2) is 5.39. The Morgan fingerprint density at radius 1 is 1.43 bits per heavy atom. The van der Waals surface area contributed by atoms with E-state index in [1.165, 1.54) is 0 Å². The third-order valence-corrected chi connectivity index (χ3v) is 0.771. The molecule has 0 saturated heterocycles. The summed E-state index contributed by atoms with van der Waals surface area (Å²) in [5.74, 6) is 0. The van der Waals surface area contributed by atoms with E-state index < -0.39 is 15.8 Å². The summed E-state index contributed by atoms with van der Waals surface area (Å²) in [7, 11) is -2.80. The van der Waals surface area contributed by atoms with Gasteiger partial charge in [0, 0.05) is 6.92 Å². The molecule has 0 aliphatic heterocycles. The van der Waals surface area contributed by atoms with Crippen molar-refractivity contribution in [1.29, 1.82) is 0 Å². The second-order valence-electron chi connectivity index (χ2n) is 0.776. The molecule has 0 amide bonds. The first kappa shape index (κ1) is 11.1. The summed E-state index contributed by atoms with van der Waals surface area (Å²) in [4.78, 5) is 9.55. The number of carbonyl (C=O) groups excluding carboxylic acids is 1. The van der Waals surface area contributed by atoms with Crippen LogP contribution in [0.3, 0.4) is 0 Å². The van der Waals surface area contributed by atoms with E-state index in [-0.39, 0.29) is 51.4 Å². The van der Waals surface area contributed by atoms with Crippen LogP contribution >= 0.6 is 0 Å². The molecule has 0 aromatic heterocycles. The Hall–Kier alpha value is 1.26. The van der Waals surface area contributed by atoms with E-state index in [0.29, 0.717) is 0 Å². The van der Waals surface area contributed by atoms with Gasteiger partial charge >= 0.3 is 51.4 Å². The Bertz CT molecular complexity index is 119. The van der Waals surface area contributed by atoms with E-state index in [1.54, 1.807) is 0 Å². The number of thiol groups is 1. The zero-order chi connectivity index (χ0) is 5.15. The zero-order valence-electron chi connectivity index (χ0n) is 3.17. The van der Waals surface area contributed by atoms with Crippen molar-refractivity contribution in [3.63, 3.8) is 0 Å². The van der Waals surface area contributed by atoms with Crippen molar-refractivity contribution >= 4 is 67.2 Å². The Labute approximate surface area is 85.8 Å². The van der Waals surface area contributed by atoms with E-state index in [4.69, 9.17) is 0 Å². The molecule has 0 aromatic carbocycles. The van der Waals surface area contributed by atoms with Gasteiger partial charge in [-0.25, -0.2) is 8.42 Å². The topological polar surface area (TPSA) is 51.2 Å². The molecule has 0 rings (SSSR count). The van der Waals surface area contributed by atoms with Gasteiger partial charge in [-0.3, -0.25) is 4.79 Å². The van der Waals surface area contributed by atoms with Crippen LogP contribution in [0.2, 0.25) is 0 Å². The molecule has 38 valence electrons. The number of rotatable bonds is 0. The second-order valence-corrected chi connectivity index (χ2v) is 1.92. The number of hydrogen-bond acceptors (Lipinski definition) is 3. The maximum absolute atomic E-state index is 9.55. The molecule has 0 radical (unpaired) electrons. The van der Waals surface area contributed by atoms with Crippen LogP contribution in [-0.4, -0.2) is 64.9 Å². The molecule has 0 spiro atoms. The van der Waals surface area contributed by atoms with Crippen LogP contribution in [0.25, 0.3) is 0 Å². The Kier molecular flexibility index (Phi) is 8.56. The van der Waals surface area contributed by atoms with Gasteiger partial charge in [0.05, 0.1) is 0 Å². The van der Waals surface area contributed by atoms with E-state index in [2.05, 4.69) is 0 Å². The van der Waals surface area contributed by atoms with Crippen molar-refractivity contribution in [1.82, 2.24) is 0 Å². The molecule has 0 N–H and O–H groups in total. The molecule has 0 fully saturated rings. The molecule has 0 bridgehead atoms. The summed E-state index contributed by atoms with van der Waals surface area (Å²) >= 11 is 0. The summed E-state index contributed by atoms with van der Waals surface area (Å²) in [6.07, 6.45) is 0. The molecule has 5 heteroatoms. The van der Waals surface area contributed by atoms with Gasteiger partial charge in [-0.05, 0) is 0 Å². The molecule has 0 aromatic rings. The van der Waals surface area contributed by atoms with Crippen molar-refractivity contribution in [2.75, 3.05) is 0 Å². The molecule has 0 aliphatic rings. The van der Waals surface area contributed by atoms with Crippen LogP contribution in [0.5, 0.6) is 0 Å². The summed E-state index contributed by atoms with van der Waals surface area (Å²) < 4.78 is 18.8. The molecule has 3 nitrogen and oxygen atoms in total. The summed E-state index contributed by atoms with van der Waals surface area (Å²) in [5.41, 5.74) is 0. The average Bonchev–Trinajstić information content (AvgIpc) is 1.36. The average molecular weight is 148 g/mol. The fourth-order valence-electron chi connectivity index (χ4n) is 0. The molecule has 0 atom stereocenters. The van der Waals surface area contributed by atoms with Crippen LogP contribution in [0, 0.1) is 0 Å². The van der Waals surface area contributed by atoms with Crippen molar-refractivity contribution < 1.29 is 13.2 Å². The summed E-state index contributed by atoms with van der Waals surface area (Å²) in [6.45, 7) is 1.01. The minimum absolute atomic E-state index is 0. The van der Waals surface area contributed by atoms with Gasteiger partial charge < -0.3 is 0 Å². The Morgan fingerprint density at radius 3 is 1.57 bits per heavy atom. The van der Waals surface area contributed by atoms with Crippen LogP contribution in [0.15, 0.2) is 0 Å². The van der Waals surface area contributed by atoms with Gasteiger partial charge in [0.2, 0.25) is 15.8 Å². The van der Waals surface area contributed by atoms with Crippen molar-refractivity contribution in [2.24, 2.45) is 0 Å². The fourth-order valence-corrected chi connectivity index (χ4v) is 0.